The highest BCUT2D eigenvalue weighted by Gasteiger charge is 2.14. The Morgan fingerprint density at radius 1 is 1.32 bits per heavy atom. The molecule has 0 saturated heterocycles. The van der Waals surface area contributed by atoms with Gasteiger partial charge in [-0.1, -0.05) is 23.4 Å². The Morgan fingerprint density at radius 2 is 2.00 bits per heavy atom. The van der Waals surface area contributed by atoms with Crippen molar-refractivity contribution in [3.8, 4) is 0 Å². The third kappa shape index (κ3) is 3.43. The Bertz CT molecular complexity index is 570. The van der Waals surface area contributed by atoms with Gasteiger partial charge in [-0.25, -0.2) is 13.8 Å². The van der Waals surface area contributed by atoms with Crippen LogP contribution in [0.25, 0.3) is 0 Å². The molecule has 1 aromatic heterocycles. The zero-order chi connectivity index (χ0) is 13.8. The molecule has 0 aliphatic carbocycles. The molecule has 0 radical (unpaired) electrons. The first-order chi connectivity index (χ1) is 9.11. The van der Waals surface area contributed by atoms with Gasteiger partial charge in [-0.2, -0.15) is 0 Å². The van der Waals surface area contributed by atoms with E-state index in [0.29, 0.717) is 22.2 Å². The zero-order valence-corrected chi connectivity index (χ0v) is 11.7. The maximum absolute atomic E-state index is 13.9. The van der Waals surface area contributed by atoms with Crippen LogP contribution in [0, 0.1) is 11.6 Å². The summed E-state index contributed by atoms with van der Waals surface area (Å²) in [6.07, 6.45) is 1.53. The SMILES string of the molecule is CNCc1cc(F)c(Sc2ncccc2Cl)c(F)c1. The van der Waals surface area contributed by atoms with Crippen LogP contribution in [-0.2, 0) is 6.54 Å². The molecular formula is C13H11ClF2N2S. The van der Waals surface area contributed by atoms with E-state index in [4.69, 9.17) is 11.6 Å². The molecule has 2 aromatic rings. The molecule has 2 rings (SSSR count). The molecule has 0 bridgehead atoms. The van der Waals surface area contributed by atoms with Crippen LogP contribution in [0.3, 0.4) is 0 Å². The fourth-order valence-electron chi connectivity index (χ4n) is 1.56. The summed E-state index contributed by atoms with van der Waals surface area (Å²) in [4.78, 5) is 3.90. The number of aromatic nitrogens is 1. The molecule has 1 N–H and O–H groups in total. The number of hydrogen-bond acceptors (Lipinski definition) is 3. The summed E-state index contributed by atoms with van der Waals surface area (Å²) in [5.74, 6) is -1.23. The van der Waals surface area contributed by atoms with Gasteiger partial charge < -0.3 is 5.32 Å². The number of nitrogens with zero attached hydrogens (tertiary/aromatic N) is 1. The molecule has 1 aromatic carbocycles. The van der Waals surface area contributed by atoms with E-state index in [-0.39, 0.29) is 4.90 Å². The molecule has 0 aliphatic heterocycles. The second-order valence-electron chi connectivity index (χ2n) is 3.81. The maximum atomic E-state index is 13.9. The van der Waals surface area contributed by atoms with E-state index in [1.165, 1.54) is 18.3 Å². The lowest BCUT2D eigenvalue weighted by atomic mass is 10.2. The predicted octanol–water partition coefficient (Wildman–Crippen LogP) is 3.88. The number of nitrogens with one attached hydrogen (secondary N) is 1. The monoisotopic (exact) mass is 300 g/mol. The Hall–Kier alpha value is -1.17. The molecular weight excluding hydrogens is 290 g/mol. The summed E-state index contributed by atoms with van der Waals surface area (Å²) in [5.41, 5.74) is 0.550. The predicted molar refractivity (Wildman–Crippen MR) is 72.5 cm³/mol. The highest BCUT2D eigenvalue weighted by atomic mass is 35.5. The quantitative estimate of drug-likeness (QED) is 0.927. The van der Waals surface area contributed by atoms with Crippen molar-refractivity contribution in [2.24, 2.45) is 0 Å². The minimum atomic E-state index is -0.614. The first kappa shape index (κ1) is 14.2. The van der Waals surface area contributed by atoms with Crippen LogP contribution in [-0.4, -0.2) is 12.0 Å². The number of benzene rings is 1. The molecule has 100 valence electrons. The number of hydrogen-bond donors (Lipinski definition) is 1. The lowest BCUT2D eigenvalue weighted by Gasteiger charge is -2.08. The van der Waals surface area contributed by atoms with Crippen LogP contribution >= 0.6 is 23.4 Å². The normalized spacial score (nSPS) is 10.7. The summed E-state index contributed by atoms with van der Waals surface area (Å²) < 4.78 is 27.8. The molecule has 0 spiro atoms. The van der Waals surface area contributed by atoms with Gasteiger partial charge in [-0.3, -0.25) is 0 Å². The molecule has 0 fully saturated rings. The Kier molecular flexibility index (Phi) is 4.74. The maximum Gasteiger partial charge on any atom is 0.140 e. The van der Waals surface area contributed by atoms with Crippen LogP contribution in [0.5, 0.6) is 0 Å². The summed E-state index contributed by atoms with van der Waals surface area (Å²) in [6.45, 7) is 0.406. The smallest absolute Gasteiger partial charge is 0.140 e. The van der Waals surface area contributed by atoms with Crippen molar-refractivity contribution in [1.82, 2.24) is 10.3 Å². The summed E-state index contributed by atoms with van der Waals surface area (Å²) >= 11 is 6.80. The molecule has 0 saturated carbocycles. The minimum absolute atomic E-state index is 0.0968. The van der Waals surface area contributed by atoms with Crippen molar-refractivity contribution >= 4 is 23.4 Å². The molecule has 0 aliphatic rings. The minimum Gasteiger partial charge on any atom is -0.316 e. The van der Waals surface area contributed by atoms with Gasteiger partial charge in [0.2, 0.25) is 0 Å². The first-order valence-electron chi connectivity index (χ1n) is 5.52. The standard InChI is InChI=1S/C13H11ClF2N2S/c1-17-7-8-5-10(15)12(11(16)6-8)19-13-9(14)3-2-4-18-13/h2-6,17H,7H2,1H3. The highest BCUT2D eigenvalue weighted by molar-refractivity contribution is 7.99. The summed E-state index contributed by atoms with van der Waals surface area (Å²) in [5, 5.41) is 3.59. The van der Waals surface area contributed by atoms with Gasteiger partial charge in [0.1, 0.15) is 16.7 Å². The molecule has 6 heteroatoms. The van der Waals surface area contributed by atoms with Gasteiger partial charge in [0, 0.05) is 12.7 Å². The van der Waals surface area contributed by atoms with Gasteiger partial charge in [0.25, 0.3) is 0 Å². The molecule has 0 unspecified atom stereocenters. The van der Waals surface area contributed by atoms with E-state index in [0.717, 1.165) is 11.8 Å². The fourth-order valence-corrected chi connectivity index (χ4v) is 2.58. The highest BCUT2D eigenvalue weighted by Crippen LogP contribution is 2.35. The van der Waals surface area contributed by atoms with Crippen LogP contribution in [0.4, 0.5) is 8.78 Å². The average Bonchev–Trinajstić information content (AvgIpc) is 2.36. The Labute approximate surface area is 119 Å². The van der Waals surface area contributed by atoms with Crippen molar-refractivity contribution < 1.29 is 8.78 Å². The van der Waals surface area contributed by atoms with E-state index >= 15 is 0 Å². The van der Waals surface area contributed by atoms with Crippen molar-refractivity contribution in [2.75, 3.05) is 7.05 Å². The van der Waals surface area contributed by atoms with Crippen molar-refractivity contribution in [2.45, 2.75) is 16.5 Å². The fraction of sp³-hybridized carbons (Fsp3) is 0.154. The van der Waals surface area contributed by atoms with E-state index in [2.05, 4.69) is 10.3 Å². The summed E-state index contributed by atoms with van der Waals surface area (Å²) in [7, 11) is 1.71. The Morgan fingerprint density at radius 3 is 2.58 bits per heavy atom. The van der Waals surface area contributed by atoms with Crippen LogP contribution in [0.1, 0.15) is 5.56 Å². The van der Waals surface area contributed by atoms with E-state index in [1.54, 1.807) is 19.2 Å². The van der Waals surface area contributed by atoms with E-state index in [9.17, 15) is 8.78 Å². The van der Waals surface area contributed by atoms with Crippen molar-refractivity contribution in [3.63, 3.8) is 0 Å². The molecule has 19 heavy (non-hydrogen) atoms. The van der Waals surface area contributed by atoms with Crippen molar-refractivity contribution in [3.05, 3.63) is 52.7 Å². The number of halogens is 3. The second-order valence-corrected chi connectivity index (χ2v) is 5.22. The van der Waals surface area contributed by atoms with Gasteiger partial charge in [-0.05, 0) is 36.9 Å². The van der Waals surface area contributed by atoms with Crippen LogP contribution < -0.4 is 5.32 Å². The van der Waals surface area contributed by atoms with Crippen LogP contribution in [0.2, 0.25) is 5.02 Å². The zero-order valence-electron chi connectivity index (χ0n) is 10.1. The molecule has 0 amide bonds. The first-order valence-corrected chi connectivity index (χ1v) is 6.72. The molecule has 2 nitrogen and oxygen atoms in total. The second kappa shape index (κ2) is 6.32. The molecule has 1 heterocycles. The average molecular weight is 301 g/mol. The lowest BCUT2D eigenvalue weighted by molar-refractivity contribution is 0.535. The van der Waals surface area contributed by atoms with E-state index < -0.39 is 11.6 Å². The van der Waals surface area contributed by atoms with Crippen LogP contribution in [0.15, 0.2) is 40.4 Å². The topological polar surface area (TPSA) is 24.9 Å². The third-order valence-corrected chi connectivity index (χ3v) is 3.89. The summed E-state index contributed by atoms with van der Waals surface area (Å²) in [6, 6.07) is 5.90. The van der Waals surface area contributed by atoms with Gasteiger partial charge in [0.15, 0.2) is 0 Å². The van der Waals surface area contributed by atoms with Gasteiger partial charge in [-0.15, -0.1) is 0 Å². The van der Waals surface area contributed by atoms with Crippen molar-refractivity contribution in [1.29, 1.82) is 0 Å². The van der Waals surface area contributed by atoms with E-state index in [1.807, 2.05) is 0 Å². The molecule has 0 atom stereocenters. The largest absolute Gasteiger partial charge is 0.316 e. The third-order valence-electron chi connectivity index (χ3n) is 2.36. The van der Waals surface area contributed by atoms with Gasteiger partial charge >= 0.3 is 0 Å². The number of pyridine rings is 1. The van der Waals surface area contributed by atoms with Gasteiger partial charge in [0.05, 0.1) is 9.92 Å². The lowest BCUT2D eigenvalue weighted by Crippen LogP contribution is -2.06. The number of rotatable bonds is 4. The Balaban J connectivity index is 2.33.